The van der Waals surface area contributed by atoms with E-state index in [1.54, 1.807) is 11.2 Å². The van der Waals surface area contributed by atoms with Crippen molar-refractivity contribution in [3.8, 4) is 11.3 Å². The molecule has 1 aromatic heterocycles. The first kappa shape index (κ1) is 18.1. The molecule has 5 nitrogen and oxygen atoms in total. The molecule has 1 aromatic carbocycles. The molecule has 1 N–H and O–H groups in total. The van der Waals surface area contributed by atoms with Crippen LogP contribution in [0.25, 0.3) is 11.3 Å². The lowest BCUT2D eigenvalue weighted by Crippen LogP contribution is -2.43. The van der Waals surface area contributed by atoms with E-state index >= 15 is 0 Å². The Kier molecular flexibility index (Phi) is 5.29. The van der Waals surface area contributed by atoms with Crippen molar-refractivity contribution in [2.45, 2.75) is 57.7 Å². The van der Waals surface area contributed by atoms with Gasteiger partial charge < -0.3 is 4.98 Å². The number of hydrogen-bond donors (Lipinski definition) is 1. The zero-order chi connectivity index (χ0) is 18.0. The fourth-order valence-electron chi connectivity index (χ4n) is 3.31. The van der Waals surface area contributed by atoms with E-state index < -0.39 is 10.0 Å². The zero-order valence-electron chi connectivity index (χ0n) is 15.2. The first-order chi connectivity index (χ1) is 11.9. The van der Waals surface area contributed by atoms with Gasteiger partial charge in [0.1, 0.15) is 5.82 Å². The highest BCUT2D eigenvalue weighted by Gasteiger charge is 2.37. The van der Waals surface area contributed by atoms with Crippen molar-refractivity contribution in [2.24, 2.45) is 0 Å². The van der Waals surface area contributed by atoms with Crippen LogP contribution in [0.2, 0.25) is 0 Å². The van der Waals surface area contributed by atoms with Crippen LogP contribution in [-0.4, -0.2) is 34.5 Å². The average molecular weight is 362 g/mol. The molecule has 1 saturated heterocycles. The van der Waals surface area contributed by atoms with Crippen molar-refractivity contribution < 1.29 is 8.42 Å². The summed E-state index contributed by atoms with van der Waals surface area (Å²) >= 11 is 0. The molecule has 0 radical (unpaired) electrons. The molecule has 2 atom stereocenters. The molecular weight excluding hydrogens is 334 g/mol. The molecule has 0 saturated carbocycles. The third-order valence-corrected chi connectivity index (χ3v) is 7.58. The number of aromatic nitrogens is 2. The van der Waals surface area contributed by atoms with Gasteiger partial charge in [-0.3, -0.25) is 0 Å². The Morgan fingerprint density at radius 3 is 2.68 bits per heavy atom. The molecule has 136 valence electrons. The average Bonchev–Trinajstić information content (AvgIpc) is 3.11. The van der Waals surface area contributed by atoms with Crippen LogP contribution in [0, 0.1) is 6.92 Å². The number of sulfonamides is 1. The summed E-state index contributed by atoms with van der Waals surface area (Å²) in [4.78, 5) is 7.89. The monoisotopic (exact) mass is 361 g/mol. The van der Waals surface area contributed by atoms with E-state index in [2.05, 4.69) is 41.2 Å². The molecule has 1 aliphatic heterocycles. The van der Waals surface area contributed by atoms with E-state index in [0.717, 1.165) is 36.3 Å². The number of aromatic amines is 1. The molecule has 0 bridgehead atoms. The highest BCUT2D eigenvalue weighted by atomic mass is 32.2. The smallest absolute Gasteiger partial charge is 0.217 e. The normalized spacial score (nSPS) is 20.5. The maximum atomic E-state index is 12.9. The van der Waals surface area contributed by atoms with Crippen LogP contribution in [0.4, 0.5) is 0 Å². The molecule has 0 spiro atoms. The van der Waals surface area contributed by atoms with Gasteiger partial charge in [0.2, 0.25) is 10.0 Å². The van der Waals surface area contributed by atoms with E-state index in [1.807, 2.05) is 13.1 Å². The van der Waals surface area contributed by atoms with Crippen molar-refractivity contribution in [3.63, 3.8) is 0 Å². The molecule has 2 unspecified atom stereocenters. The summed E-state index contributed by atoms with van der Waals surface area (Å²) in [7, 11) is -3.30. The maximum absolute atomic E-state index is 12.9. The zero-order valence-corrected chi connectivity index (χ0v) is 16.0. The van der Waals surface area contributed by atoms with E-state index in [4.69, 9.17) is 0 Å². The Balaban J connectivity index is 1.90. The van der Waals surface area contributed by atoms with Crippen LogP contribution in [0.5, 0.6) is 0 Å². The van der Waals surface area contributed by atoms with Crippen molar-refractivity contribution in [3.05, 3.63) is 41.9 Å². The summed E-state index contributed by atoms with van der Waals surface area (Å²) < 4.78 is 27.5. The van der Waals surface area contributed by atoms with Crippen molar-refractivity contribution >= 4 is 10.0 Å². The standard InChI is InChI=1S/C19H27N3O2S/c1-4-15(3)25(23,24)22-12-6-5-7-18(22)19-20-13-17(21-19)16-10-8-14(2)9-11-16/h8-11,13,15,18H,4-7,12H2,1-3H3,(H,20,21). The van der Waals surface area contributed by atoms with Crippen molar-refractivity contribution in [1.82, 2.24) is 14.3 Å². The number of benzene rings is 1. The lowest BCUT2D eigenvalue weighted by Gasteiger charge is -2.35. The minimum Gasteiger partial charge on any atom is -0.341 e. The van der Waals surface area contributed by atoms with Gasteiger partial charge in [-0.1, -0.05) is 43.2 Å². The largest absolute Gasteiger partial charge is 0.341 e. The van der Waals surface area contributed by atoms with Gasteiger partial charge in [-0.25, -0.2) is 13.4 Å². The molecule has 2 heterocycles. The molecule has 2 aromatic rings. The highest BCUT2D eigenvalue weighted by Crippen LogP contribution is 2.34. The van der Waals surface area contributed by atoms with Gasteiger partial charge in [0.25, 0.3) is 0 Å². The van der Waals surface area contributed by atoms with E-state index in [0.29, 0.717) is 13.0 Å². The highest BCUT2D eigenvalue weighted by molar-refractivity contribution is 7.89. The maximum Gasteiger partial charge on any atom is 0.217 e. The van der Waals surface area contributed by atoms with Gasteiger partial charge in [-0.2, -0.15) is 4.31 Å². The molecule has 1 aliphatic rings. The Labute approximate surface area is 150 Å². The summed E-state index contributed by atoms with van der Waals surface area (Å²) in [6.45, 7) is 6.35. The molecule has 0 aliphatic carbocycles. The third kappa shape index (κ3) is 3.65. The number of nitrogens with one attached hydrogen (secondary N) is 1. The van der Waals surface area contributed by atoms with Crippen LogP contribution in [0.3, 0.4) is 0 Å². The van der Waals surface area contributed by atoms with Gasteiger partial charge in [0.05, 0.1) is 23.2 Å². The summed E-state index contributed by atoms with van der Waals surface area (Å²) in [5.74, 6) is 0.752. The van der Waals surface area contributed by atoms with Crippen molar-refractivity contribution in [2.75, 3.05) is 6.54 Å². The summed E-state index contributed by atoms with van der Waals surface area (Å²) in [6, 6.07) is 8.06. The topological polar surface area (TPSA) is 66.1 Å². The Morgan fingerprint density at radius 2 is 2.00 bits per heavy atom. The van der Waals surface area contributed by atoms with Gasteiger partial charge in [-0.05, 0) is 38.7 Å². The van der Waals surface area contributed by atoms with Crippen LogP contribution in [0.1, 0.15) is 57.0 Å². The lowest BCUT2D eigenvalue weighted by molar-refractivity contribution is 0.245. The number of hydrogen-bond acceptors (Lipinski definition) is 3. The van der Waals surface area contributed by atoms with E-state index in [1.165, 1.54) is 5.56 Å². The third-order valence-electron chi connectivity index (χ3n) is 5.14. The van der Waals surface area contributed by atoms with Gasteiger partial charge in [0, 0.05) is 6.54 Å². The SMILES string of the molecule is CCC(C)S(=O)(=O)N1CCCCC1c1ncc(-c2ccc(C)cc2)[nH]1. The number of aryl methyl sites for hydroxylation is 1. The van der Waals surface area contributed by atoms with Crippen LogP contribution >= 0.6 is 0 Å². The van der Waals surface area contributed by atoms with Gasteiger partial charge in [-0.15, -0.1) is 0 Å². The van der Waals surface area contributed by atoms with E-state index in [-0.39, 0.29) is 11.3 Å². The van der Waals surface area contributed by atoms with Crippen LogP contribution < -0.4 is 0 Å². The quantitative estimate of drug-likeness (QED) is 0.874. The van der Waals surface area contributed by atoms with Crippen LogP contribution in [-0.2, 0) is 10.0 Å². The molecular formula is C19H27N3O2S. The van der Waals surface area contributed by atoms with Gasteiger partial charge in [0.15, 0.2) is 0 Å². The second kappa shape index (κ2) is 7.30. The minimum atomic E-state index is -3.30. The molecule has 25 heavy (non-hydrogen) atoms. The second-order valence-corrected chi connectivity index (χ2v) is 9.24. The number of rotatable bonds is 5. The lowest BCUT2D eigenvalue weighted by atomic mass is 10.0. The van der Waals surface area contributed by atoms with Crippen molar-refractivity contribution in [1.29, 1.82) is 0 Å². The van der Waals surface area contributed by atoms with E-state index in [9.17, 15) is 8.42 Å². The minimum absolute atomic E-state index is 0.188. The number of imidazole rings is 1. The predicted octanol–water partition coefficient (Wildman–Crippen LogP) is 4.04. The molecule has 3 rings (SSSR count). The summed E-state index contributed by atoms with van der Waals surface area (Å²) in [5, 5.41) is -0.361. The summed E-state index contributed by atoms with van der Waals surface area (Å²) in [5.41, 5.74) is 3.21. The fourth-order valence-corrected chi connectivity index (χ4v) is 5.14. The second-order valence-electron chi connectivity index (χ2n) is 6.93. The first-order valence-electron chi connectivity index (χ1n) is 9.06. The number of piperidine rings is 1. The molecule has 6 heteroatoms. The number of nitrogens with zero attached hydrogens (tertiary/aromatic N) is 2. The van der Waals surface area contributed by atoms with Crippen LogP contribution in [0.15, 0.2) is 30.5 Å². The Morgan fingerprint density at radius 1 is 1.28 bits per heavy atom. The fraction of sp³-hybridized carbons (Fsp3) is 0.526. The number of H-pyrrole nitrogens is 1. The Hall–Kier alpha value is -1.66. The molecule has 0 amide bonds. The van der Waals surface area contributed by atoms with Gasteiger partial charge >= 0.3 is 0 Å². The Bertz CT molecular complexity index is 811. The summed E-state index contributed by atoms with van der Waals surface area (Å²) in [6.07, 6.45) is 5.19. The molecule has 1 fully saturated rings. The predicted molar refractivity (Wildman–Crippen MR) is 101 cm³/mol. The first-order valence-corrected chi connectivity index (χ1v) is 10.6.